The molecule has 0 aromatic carbocycles. The van der Waals surface area contributed by atoms with Gasteiger partial charge in [-0.25, -0.2) is 0 Å². The summed E-state index contributed by atoms with van der Waals surface area (Å²) in [5.41, 5.74) is 0. The van der Waals surface area contributed by atoms with Crippen LogP contribution in [-0.2, 0) is 14.2 Å². The van der Waals surface area contributed by atoms with E-state index in [-0.39, 0.29) is 6.10 Å². The molecule has 1 atom stereocenters. The van der Waals surface area contributed by atoms with Crippen LogP contribution in [0.5, 0.6) is 0 Å². The van der Waals surface area contributed by atoms with E-state index in [0.717, 1.165) is 13.1 Å². The Bertz CT molecular complexity index is 142. The number of hydrogen-bond donors (Lipinski definition) is 1. The van der Waals surface area contributed by atoms with Crippen LogP contribution in [0.1, 0.15) is 20.8 Å². The Labute approximate surface area is 99.6 Å². The van der Waals surface area contributed by atoms with Gasteiger partial charge in [-0.1, -0.05) is 20.8 Å². The van der Waals surface area contributed by atoms with Crippen molar-refractivity contribution in [3.05, 3.63) is 0 Å². The largest absolute Gasteiger partial charge is 0.382 e. The standard InChI is InChI=1S/C12H27NO3/c1-5-13-10-12(11(2)3)16-9-8-15-7-6-14-4/h11-13H,5-10H2,1-4H3. The smallest absolute Gasteiger partial charge is 0.0723 e. The molecule has 0 heterocycles. The molecule has 0 aliphatic rings. The molecule has 0 aromatic heterocycles. The minimum absolute atomic E-state index is 0.269. The summed E-state index contributed by atoms with van der Waals surface area (Å²) in [5, 5.41) is 3.31. The van der Waals surface area contributed by atoms with Gasteiger partial charge in [-0.05, 0) is 12.5 Å². The molecule has 0 fully saturated rings. The first kappa shape index (κ1) is 15.8. The zero-order chi connectivity index (χ0) is 12.2. The maximum absolute atomic E-state index is 5.76. The first-order chi connectivity index (χ1) is 7.72. The summed E-state index contributed by atoms with van der Waals surface area (Å²) in [4.78, 5) is 0. The fourth-order valence-corrected chi connectivity index (χ4v) is 1.28. The van der Waals surface area contributed by atoms with Crippen molar-refractivity contribution in [3.8, 4) is 0 Å². The van der Waals surface area contributed by atoms with Crippen LogP contribution in [0, 0.1) is 5.92 Å². The number of hydrogen-bond acceptors (Lipinski definition) is 4. The lowest BCUT2D eigenvalue weighted by molar-refractivity contribution is -0.0214. The van der Waals surface area contributed by atoms with Crippen LogP contribution < -0.4 is 5.32 Å². The lowest BCUT2D eigenvalue weighted by Crippen LogP contribution is -2.34. The Balaban J connectivity index is 3.44. The second kappa shape index (κ2) is 11.3. The highest BCUT2D eigenvalue weighted by atomic mass is 16.5. The highest BCUT2D eigenvalue weighted by molar-refractivity contribution is 4.65. The fourth-order valence-electron chi connectivity index (χ4n) is 1.28. The van der Waals surface area contributed by atoms with Crippen molar-refractivity contribution in [1.29, 1.82) is 0 Å². The number of methoxy groups -OCH3 is 1. The van der Waals surface area contributed by atoms with Crippen molar-refractivity contribution in [3.63, 3.8) is 0 Å². The molecule has 1 unspecified atom stereocenters. The summed E-state index contributed by atoms with van der Waals surface area (Å²) in [6.07, 6.45) is 0.269. The molecular weight excluding hydrogens is 206 g/mol. The molecule has 0 spiro atoms. The summed E-state index contributed by atoms with van der Waals surface area (Å²) < 4.78 is 16.0. The van der Waals surface area contributed by atoms with Crippen molar-refractivity contribution in [2.45, 2.75) is 26.9 Å². The van der Waals surface area contributed by atoms with Crippen LogP contribution in [0.4, 0.5) is 0 Å². The second-order valence-electron chi connectivity index (χ2n) is 4.07. The molecule has 0 aliphatic carbocycles. The molecule has 0 saturated carbocycles. The monoisotopic (exact) mass is 233 g/mol. The zero-order valence-electron chi connectivity index (χ0n) is 11.1. The lowest BCUT2D eigenvalue weighted by atomic mass is 10.1. The third kappa shape index (κ3) is 9.09. The Morgan fingerprint density at radius 1 is 1.06 bits per heavy atom. The Morgan fingerprint density at radius 3 is 2.31 bits per heavy atom. The fraction of sp³-hybridized carbons (Fsp3) is 1.00. The predicted molar refractivity (Wildman–Crippen MR) is 65.8 cm³/mol. The van der Waals surface area contributed by atoms with E-state index in [1.54, 1.807) is 7.11 Å². The van der Waals surface area contributed by atoms with E-state index in [1.807, 2.05) is 0 Å². The van der Waals surface area contributed by atoms with Gasteiger partial charge in [0.05, 0.1) is 32.5 Å². The van der Waals surface area contributed by atoms with Gasteiger partial charge in [0.1, 0.15) is 0 Å². The molecule has 4 nitrogen and oxygen atoms in total. The van der Waals surface area contributed by atoms with Gasteiger partial charge in [0.15, 0.2) is 0 Å². The van der Waals surface area contributed by atoms with Gasteiger partial charge < -0.3 is 19.5 Å². The van der Waals surface area contributed by atoms with Crippen molar-refractivity contribution >= 4 is 0 Å². The molecule has 0 amide bonds. The van der Waals surface area contributed by atoms with Crippen LogP contribution >= 0.6 is 0 Å². The normalized spacial score (nSPS) is 13.3. The first-order valence-electron chi connectivity index (χ1n) is 6.11. The van der Waals surface area contributed by atoms with Crippen molar-refractivity contribution in [2.75, 3.05) is 46.6 Å². The van der Waals surface area contributed by atoms with E-state index < -0.39 is 0 Å². The Hall–Kier alpha value is -0.160. The summed E-state index contributed by atoms with van der Waals surface area (Å²) in [6, 6.07) is 0. The van der Waals surface area contributed by atoms with E-state index in [9.17, 15) is 0 Å². The Morgan fingerprint density at radius 2 is 1.75 bits per heavy atom. The van der Waals surface area contributed by atoms with Crippen molar-refractivity contribution < 1.29 is 14.2 Å². The number of ether oxygens (including phenoxy) is 3. The van der Waals surface area contributed by atoms with Crippen LogP contribution in [0.15, 0.2) is 0 Å². The van der Waals surface area contributed by atoms with E-state index in [1.165, 1.54) is 0 Å². The number of likely N-dealkylation sites (N-methyl/N-ethyl adjacent to an activating group) is 1. The molecule has 0 rings (SSSR count). The molecule has 16 heavy (non-hydrogen) atoms. The highest BCUT2D eigenvalue weighted by Gasteiger charge is 2.12. The van der Waals surface area contributed by atoms with E-state index in [0.29, 0.717) is 32.3 Å². The third-order valence-corrected chi connectivity index (χ3v) is 2.33. The SMILES string of the molecule is CCNCC(OCCOCCOC)C(C)C. The van der Waals surface area contributed by atoms with E-state index >= 15 is 0 Å². The van der Waals surface area contributed by atoms with Crippen LogP contribution in [-0.4, -0.2) is 52.7 Å². The Kier molecular flexibility index (Phi) is 11.2. The van der Waals surface area contributed by atoms with Crippen LogP contribution in [0.3, 0.4) is 0 Å². The summed E-state index contributed by atoms with van der Waals surface area (Å²) in [6.45, 7) is 10.9. The average molecular weight is 233 g/mol. The van der Waals surface area contributed by atoms with Gasteiger partial charge in [0, 0.05) is 13.7 Å². The molecule has 0 aliphatic heterocycles. The molecular formula is C12H27NO3. The molecule has 4 heteroatoms. The van der Waals surface area contributed by atoms with Crippen molar-refractivity contribution in [1.82, 2.24) is 5.32 Å². The summed E-state index contributed by atoms with van der Waals surface area (Å²) >= 11 is 0. The van der Waals surface area contributed by atoms with Gasteiger partial charge in [0.2, 0.25) is 0 Å². The lowest BCUT2D eigenvalue weighted by Gasteiger charge is -2.21. The van der Waals surface area contributed by atoms with Gasteiger partial charge in [-0.2, -0.15) is 0 Å². The molecule has 98 valence electrons. The minimum Gasteiger partial charge on any atom is -0.382 e. The van der Waals surface area contributed by atoms with Gasteiger partial charge >= 0.3 is 0 Å². The van der Waals surface area contributed by atoms with E-state index in [4.69, 9.17) is 14.2 Å². The third-order valence-electron chi connectivity index (χ3n) is 2.33. The number of nitrogens with one attached hydrogen (secondary N) is 1. The second-order valence-corrected chi connectivity index (χ2v) is 4.07. The summed E-state index contributed by atoms with van der Waals surface area (Å²) in [5.74, 6) is 0.526. The topological polar surface area (TPSA) is 39.7 Å². The zero-order valence-corrected chi connectivity index (χ0v) is 11.1. The maximum atomic E-state index is 5.76. The van der Waals surface area contributed by atoms with Gasteiger partial charge in [-0.15, -0.1) is 0 Å². The highest BCUT2D eigenvalue weighted by Crippen LogP contribution is 2.05. The molecule has 1 N–H and O–H groups in total. The quantitative estimate of drug-likeness (QED) is 0.546. The average Bonchev–Trinajstić information content (AvgIpc) is 2.26. The predicted octanol–water partition coefficient (Wildman–Crippen LogP) is 1.30. The first-order valence-corrected chi connectivity index (χ1v) is 6.11. The van der Waals surface area contributed by atoms with Crippen molar-refractivity contribution in [2.24, 2.45) is 5.92 Å². The summed E-state index contributed by atoms with van der Waals surface area (Å²) in [7, 11) is 1.67. The molecule has 0 bridgehead atoms. The van der Waals surface area contributed by atoms with Crippen LogP contribution in [0.25, 0.3) is 0 Å². The molecule has 0 radical (unpaired) electrons. The molecule has 0 saturated heterocycles. The number of rotatable bonds is 11. The van der Waals surface area contributed by atoms with Gasteiger partial charge in [0.25, 0.3) is 0 Å². The van der Waals surface area contributed by atoms with E-state index in [2.05, 4.69) is 26.1 Å². The minimum atomic E-state index is 0.269. The maximum Gasteiger partial charge on any atom is 0.0723 e. The van der Waals surface area contributed by atoms with Gasteiger partial charge in [-0.3, -0.25) is 0 Å². The van der Waals surface area contributed by atoms with Crippen LogP contribution in [0.2, 0.25) is 0 Å². The molecule has 0 aromatic rings.